The maximum Gasteiger partial charge on any atom is 0.421 e. The lowest BCUT2D eigenvalue weighted by molar-refractivity contribution is -0.137. The molecule has 11 heteroatoms. The summed E-state index contributed by atoms with van der Waals surface area (Å²) in [7, 11) is 1.37. The van der Waals surface area contributed by atoms with Crippen molar-refractivity contribution in [2.75, 3.05) is 17.7 Å². The van der Waals surface area contributed by atoms with Gasteiger partial charge >= 0.3 is 6.18 Å². The summed E-state index contributed by atoms with van der Waals surface area (Å²) in [5.74, 6) is 0.226. The van der Waals surface area contributed by atoms with E-state index in [1.165, 1.54) is 13.2 Å². The Bertz CT molecular complexity index is 921. The average molecular weight is 364 g/mol. The summed E-state index contributed by atoms with van der Waals surface area (Å²) < 4.78 is 40.4. The molecule has 26 heavy (non-hydrogen) atoms. The molecular formula is C15H15F3N8. The summed E-state index contributed by atoms with van der Waals surface area (Å²) in [6.07, 6.45) is 0.830. The van der Waals surface area contributed by atoms with Crippen LogP contribution in [0.3, 0.4) is 0 Å². The van der Waals surface area contributed by atoms with Crippen LogP contribution in [0.5, 0.6) is 0 Å². The zero-order chi connectivity index (χ0) is 18.9. The molecular weight excluding hydrogens is 349 g/mol. The summed E-state index contributed by atoms with van der Waals surface area (Å²) in [5, 5.41) is 9.74. The summed E-state index contributed by atoms with van der Waals surface area (Å²) in [6.45, 7) is 3.55. The number of hydrogen-bond donors (Lipinski definition) is 2. The van der Waals surface area contributed by atoms with Crippen LogP contribution >= 0.6 is 0 Å². The minimum Gasteiger partial charge on any atom is -0.372 e. The molecule has 0 aliphatic rings. The first kappa shape index (κ1) is 17.6. The Morgan fingerprint density at radius 2 is 1.85 bits per heavy atom. The van der Waals surface area contributed by atoms with Crippen molar-refractivity contribution < 1.29 is 13.2 Å². The second kappa shape index (κ2) is 6.58. The molecule has 0 unspecified atom stereocenters. The Hall–Kier alpha value is -3.24. The highest BCUT2D eigenvalue weighted by Gasteiger charge is 2.35. The van der Waals surface area contributed by atoms with Crippen molar-refractivity contribution in [3.8, 4) is 5.82 Å². The highest BCUT2D eigenvalue weighted by Crippen LogP contribution is 2.34. The van der Waals surface area contributed by atoms with E-state index in [0.29, 0.717) is 22.9 Å². The monoisotopic (exact) mass is 364 g/mol. The van der Waals surface area contributed by atoms with Crippen LogP contribution in [0.1, 0.15) is 17.0 Å². The number of halogens is 3. The molecule has 2 N–H and O–H groups in total. The van der Waals surface area contributed by atoms with Crippen LogP contribution in [0.4, 0.5) is 30.6 Å². The van der Waals surface area contributed by atoms with E-state index in [-0.39, 0.29) is 11.8 Å². The molecule has 0 atom stereocenters. The van der Waals surface area contributed by atoms with Gasteiger partial charge < -0.3 is 10.6 Å². The molecule has 0 spiro atoms. The van der Waals surface area contributed by atoms with Crippen LogP contribution in [-0.2, 0) is 6.18 Å². The van der Waals surface area contributed by atoms with Crippen LogP contribution in [0.2, 0.25) is 0 Å². The predicted molar refractivity (Wildman–Crippen MR) is 88.5 cm³/mol. The van der Waals surface area contributed by atoms with Gasteiger partial charge in [0.15, 0.2) is 5.82 Å². The van der Waals surface area contributed by atoms with Crippen LogP contribution in [0, 0.1) is 13.8 Å². The molecule has 0 saturated carbocycles. The molecule has 0 aliphatic heterocycles. The van der Waals surface area contributed by atoms with E-state index in [1.807, 2.05) is 0 Å². The average Bonchev–Trinajstić information content (AvgIpc) is 2.89. The normalized spacial score (nSPS) is 11.5. The van der Waals surface area contributed by atoms with E-state index in [4.69, 9.17) is 0 Å². The van der Waals surface area contributed by atoms with Gasteiger partial charge in [0.2, 0.25) is 5.95 Å². The van der Waals surface area contributed by atoms with E-state index < -0.39 is 11.7 Å². The predicted octanol–water partition coefficient (Wildman–Crippen LogP) is 2.87. The third kappa shape index (κ3) is 3.27. The first-order chi connectivity index (χ1) is 12.3. The zero-order valence-electron chi connectivity index (χ0n) is 14.1. The third-order valence-corrected chi connectivity index (χ3v) is 3.63. The van der Waals surface area contributed by atoms with E-state index in [1.54, 1.807) is 30.9 Å². The zero-order valence-corrected chi connectivity index (χ0v) is 14.1. The lowest BCUT2D eigenvalue weighted by Gasteiger charge is -2.13. The second-order valence-corrected chi connectivity index (χ2v) is 5.35. The highest BCUT2D eigenvalue weighted by atomic mass is 19.4. The van der Waals surface area contributed by atoms with Crippen molar-refractivity contribution in [3.63, 3.8) is 0 Å². The largest absolute Gasteiger partial charge is 0.421 e. The maximum absolute atomic E-state index is 12.9. The van der Waals surface area contributed by atoms with Crippen LogP contribution in [0.15, 0.2) is 24.8 Å². The van der Waals surface area contributed by atoms with Gasteiger partial charge in [0.25, 0.3) is 0 Å². The third-order valence-electron chi connectivity index (χ3n) is 3.63. The van der Waals surface area contributed by atoms with Crippen LogP contribution in [0.25, 0.3) is 5.82 Å². The van der Waals surface area contributed by atoms with Gasteiger partial charge in [0.05, 0.1) is 23.3 Å². The first-order valence-electron chi connectivity index (χ1n) is 7.53. The van der Waals surface area contributed by atoms with Crippen molar-refractivity contribution >= 4 is 17.5 Å². The fourth-order valence-corrected chi connectivity index (χ4v) is 2.40. The van der Waals surface area contributed by atoms with E-state index in [2.05, 4.69) is 35.7 Å². The van der Waals surface area contributed by atoms with E-state index >= 15 is 0 Å². The highest BCUT2D eigenvalue weighted by molar-refractivity contribution is 5.62. The Morgan fingerprint density at radius 1 is 1.08 bits per heavy atom. The lowest BCUT2D eigenvalue weighted by atomic mass is 10.3. The molecule has 0 saturated heterocycles. The SMILES string of the molecule is CNc1nc(Nc2c(C)nn(-c3cnccn3)c2C)ncc1C(F)(F)F. The summed E-state index contributed by atoms with van der Waals surface area (Å²) in [4.78, 5) is 15.8. The van der Waals surface area contributed by atoms with E-state index in [0.717, 1.165) is 6.20 Å². The number of anilines is 3. The molecule has 0 amide bonds. The van der Waals surface area contributed by atoms with Crippen molar-refractivity contribution in [3.05, 3.63) is 41.7 Å². The topological polar surface area (TPSA) is 93.4 Å². The molecule has 0 aliphatic carbocycles. The molecule has 0 aromatic carbocycles. The molecule has 3 aromatic rings. The molecule has 3 aromatic heterocycles. The maximum atomic E-state index is 12.9. The minimum atomic E-state index is -4.54. The fraction of sp³-hybridized carbons (Fsp3) is 0.267. The summed E-state index contributed by atoms with van der Waals surface area (Å²) >= 11 is 0. The summed E-state index contributed by atoms with van der Waals surface area (Å²) in [6, 6.07) is 0. The molecule has 3 rings (SSSR count). The molecule has 3 heterocycles. The number of aryl methyl sites for hydroxylation is 1. The number of alkyl halides is 3. The summed E-state index contributed by atoms with van der Waals surface area (Å²) in [5.41, 5.74) is 0.951. The number of nitrogens with one attached hydrogen (secondary N) is 2. The van der Waals surface area contributed by atoms with Gasteiger partial charge in [-0.1, -0.05) is 0 Å². The Labute approximate surface area is 146 Å². The van der Waals surface area contributed by atoms with Gasteiger partial charge in [0.1, 0.15) is 11.4 Å². The lowest BCUT2D eigenvalue weighted by Crippen LogP contribution is -2.12. The quantitative estimate of drug-likeness (QED) is 0.735. The number of nitrogens with zero attached hydrogens (tertiary/aromatic N) is 6. The number of hydrogen-bond acceptors (Lipinski definition) is 7. The first-order valence-corrected chi connectivity index (χ1v) is 7.53. The molecule has 8 nitrogen and oxygen atoms in total. The Balaban J connectivity index is 1.96. The molecule has 0 bridgehead atoms. The van der Waals surface area contributed by atoms with Crippen LogP contribution in [-0.4, -0.2) is 36.8 Å². The van der Waals surface area contributed by atoms with Gasteiger partial charge in [-0.05, 0) is 13.8 Å². The molecule has 0 fully saturated rings. The van der Waals surface area contributed by atoms with Gasteiger partial charge in [-0.3, -0.25) is 4.98 Å². The van der Waals surface area contributed by atoms with Gasteiger partial charge in [-0.2, -0.15) is 23.3 Å². The van der Waals surface area contributed by atoms with Gasteiger partial charge in [-0.15, -0.1) is 0 Å². The fourth-order valence-electron chi connectivity index (χ4n) is 2.40. The van der Waals surface area contributed by atoms with E-state index in [9.17, 15) is 13.2 Å². The van der Waals surface area contributed by atoms with Crippen molar-refractivity contribution in [1.82, 2.24) is 29.7 Å². The Kier molecular flexibility index (Phi) is 4.45. The standard InChI is InChI=1S/C15H15F3N8/c1-8-12(9(2)26(25-8)11-7-20-4-5-21-11)23-14-22-6-10(15(16,17)18)13(19-3)24-14/h4-7H,1-3H3,(H2,19,22,23,24). The van der Waals surface area contributed by atoms with Crippen LogP contribution < -0.4 is 10.6 Å². The van der Waals surface area contributed by atoms with Gasteiger partial charge in [0, 0.05) is 25.6 Å². The van der Waals surface area contributed by atoms with Gasteiger partial charge in [-0.25, -0.2) is 14.6 Å². The number of aromatic nitrogens is 6. The molecule has 136 valence electrons. The van der Waals surface area contributed by atoms with Crippen molar-refractivity contribution in [2.24, 2.45) is 0 Å². The van der Waals surface area contributed by atoms with Crippen molar-refractivity contribution in [2.45, 2.75) is 20.0 Å². The smallest absolute Gasteiger partial charge is 0.372 e. The minimum absolute atomic E-state index is 0.0206. The molecule has 0 radical (unpaired) electrons. The Morgan fingerprint density at radius 3 is 2.46 bits per heavy atom. The second-order valence-electron chi connectivity index (χ2n) is 5.35. The number of rotatable bonds is 4. The van der Waals surface area contributed by atoms with Crippen molar-refractivity contribution in [1.29, 1.82) is 0 Å².